The summed E-state index contributed by atoms with van der Waals surface area (Å²) in [5, 5.41) is 3.10. The van der Waals surface area contributed by atoms with E-state index in [1.165, 1.54) is 24.5 Å². The van der Waals surface area contributed by atoms with E-state index in [2.05, 4.69) is 20.0 Å². The average molecular weight is 425 g/mol. The molecule has 0 saturated carbocycles. The Morgan fingerprint density at radius 1 is 1.18 bits per heavy atom. The van der Waals surface area contributed by atoms with Crippen LogP contribution in [-0.2, 0) is 10.0 Å². The van der Waals surface area contributed by atoms with Gasteiger partial charge in [-0.3, -0.25) is 4.72 Å². The number of sulfonamides is 1. The van der Waals surface area contributed by atoms with Crippen molar-refractivity contribution in [1.29, 1.82) is 0 Å². The van der Waals surface area contributed by atoms with Crippen molar-refractivity contribution in [2.45, 2.75) is 11.8 Å². The van der Waals surface area contributed by atoms with Crippen LogP contribution in [0.25, 0.3) is 0 Å². The number of hydrogen-bond acceptors (Lipinski definition) is 6. The van der Waals surface area contributed by atoms with Crippen molar-refractivity contribution in [3.63, 3.8) is 0 Å². The molecule has 1 saturated heterocycles. The molecule has 11 heteroatoms. The number of piperazine rings is 1. The number of halogens is 1. The number of nitrogens with zero attached hydrogens (tertiary/aromatic N) is 4. The molecule has 28 heavy (non-hydrogen) atoms. The van der Waals surface area contributed by atoms with Crippen molar-refractivity contribution in [3.8, 4) is 0 Å². The monoisotopic (exact) mass is 424 g/mol. The molecule has 0 aliphatic carbocycles. The summed E-state index contributed by atoms with van der Waals surface area (Å²) < 4.78 is 27.9. The number of aromatic nitrogens is 2. The van der Waals surface area contributed by atoms with Crippen LogP contribution in [0.3, 0.4) is 0 Å². The van der Waals surface area contributed by atoms with Crippen molar-refractivity contribution in [3.05, 3.63) is 41.7 Å². The summed E-state index contributed by atoms with van der Waals surface area (Å²) in [7, 11) is -3.87. The maximum atomic E-state index is 12.7. The SMILES string of the molecule is CCNC(=O)N1CCN(c2nccnc2NS(=O)(=O)c2cccc(Cl)c2)CC1. The van der Waals surface area contributed by atoms with E-state index in [0.717, 1.165) is 0 Å². The van der Waals surface area contributed by atoms with Gasteiger partial charge in [0.15, 0.2) is 11.6 Å². The molecule has 2 aromatic rings. The van der Waals surface area contributed by atoms with E-state index >= 15 is 0 Å². The number of rotatable bonds is 5. The predicted octanol–water partition coefficient (Wildman–Crippen LogP) is 1.78. The van der Waals surface area contributed by atoms with Gasteiger partial charge in [0.05, 0.1) is 4.90 Å². The Morgan fingerprint density at radius 2 is 1.89 bits per heavy atom. The van der Waals surface area contributed by atoms with Gasteiger partial charge < -0.3 is 15.1 Å². The van der Waals surface area contributed by atoms with E-state index in [0.29, 0.717) is 43.6 Å². The Bertz CT molecular complexity index is 947. The van der Waals surface area contributed by atoms with E-state index in [4.69, 9.17) is 11.6 Å². The van der Waals surface area contributed by atoms with E-state index in [9.17, 15) is 13.2 Å². The normalized spacial score (nSPS) is 14.6. The zero-order valence-corrected chi connectivity index (χ0v) is 16.9. The van der Waals surface area contributed by atoms with E-state index in [-0.39, 0.29) is 16.7 Å². The molecule has 2 heterocycles. The van der Waals surface area contributed by atoms with Crippen LogP contribution in [0, 0.1) is 0 Å². The van der Waals surface area contributed by atoms with Crippen molar-refractivity contribution in [1.82, 2.24) is 20.2 Å². The van der Waals surface area contributed by atoms with E-state index in [1.807, 2.05) is 11.8 Å². The van der Waals surface area contributed by atoms with Crippen LogP contribution in [-0.4, -0.2) is 62.0 Å². The lowest BCUT2D eigenvalue weighted by Crippen LogP contribution is -2.52. The molecule has 0 unspecified atom stereocenters. The third-order valence-electron chi connectivity index (χ3n) is 4.21. The lowest BCUT2D eigenvalue weighted by Gasteiger charge is -2.35. The topological polar surface area (TPSA) is 108 Å². The summed E-state index contributed by atoms with van der Waals surface area (Å²) in [5.74, 6) is 0.553. The first-order chi connectivity index (χ1) is 13.4. The van der Waals surface area contributed by atoms with Crippen LogP contribution < -0.4 is 14.9 Å². The van der Waals surface area contributed by atoms with Gasteiger partial charge >= 0.3 is 6.03 Å². The molecular formula is C17H21ClN6O3S. The number of nitrogens with one attached hydrogen (secondary N) is 2. The highest BCUT2D eigenvalue weighted by Gasteiger charge is 2.25. The molecule has 1 aliphatic rings. The number of hydrogen-bond donors (Lipinski definition) is 2. The summed E-state index contributed by atoms with van der Waals surface area (Å²) in [6.45, 7) is 4.47. The molecule has 1 aromatic carbocycles. The van der Waals surface area contributed by atoms with Gasteiger partial charge in [0.1, 0.15) is 0 Å². The minimum absolute atomic E-state index is 0.0395. The fourth-order valence-corrected chi connectivity index (χ4v) is 4.15. The van der Waals surface area contributed by atoms with Crippen LogP contribution >= 0.6 is 11.6 Å². The molecule has 0 bridgehead atoms. The van der Waals surface area contributed by atoms with Crippen LogP contribution in [0.5, 0.6) is 0 Å². The molecule has 2 amide bonds. The number of benzene rings is 1. The smallest absolute Gasteiger partial charge is 0.317 e. The van der Waals surface area contributed by atoms with Gasteiger partial charge in [-0.25, -0.2) is 23.2 Å². The summed E-state index contributed by atoms with van der Waals surface area (Å²) in [5.41, 5.74) is 0. The van der Waals surface area contributed by atoms with Gasteiger partial charge in [-0.15, -0.1) is 0 Å². The second-order valence-corrected chi connectivity index (χ2v) is 8.22. The Balaban J connectivity index is 1.76. The molecule has 1 fully saturated rings. The molecule has 1 aromatic heterocycles. The molecule has 150 valence electrons. The summed E-state index contributed by atoms with van der Waals surface area (Å²) in [6, 6.07) is 5.88. The van der Waals surface area contributed by atoms with Gasteiger partial charge in [0.25, 0.3) is 10.0 Å². The summed E-state index contributed by atoms with van der Waals surface area (Å²) in [4.78, 5) is 24.0. The van der Waals surface area contributed by atoms with Gasteiger partial charge in [0, 0.05) is 50.1 Å². The molecule has 2 N–H and O–H groups in total. The molecule has 1 aliphatic heterocycles. The van der Waals surface area contributed by atoms with Gasteiger partial charge in [-0.1, -0.05) is 17.7 Å². The number of urea groups is 1. The number of amides is 2. The molecule has 0 spiro atoms. The van der Waals surface area contributed by atoms with Crippen molar-refractivity contribution < 1.29 is 13.2 Å². The Morgan fingerprint density at radius 3 is 2.57 bits per heavy atom. The largest absolute Gasteiger partial charge is 0.350 e. The van der Waals surface area contributed by atoms with Crippen LogP contribution in [0.15, 0.2) is 41.6 Å². The fourth-order valence-electron chi connectivity index (χ4n) is 2.84. The molecule has 0 atom stereocenters. The quantitative estimate of drug-likeness (QED) is 0.757. The second kappa shape index (κ2) is 8.61. The predicted molar refractivity (Wildman–Crippen MR) is 107 cm³/mol. The standard InChI is InChI=1S/C17H21ClN6O3S/c1-2-19-17(25)24-10-8-23(9-11-24)16-15(20-6-7-21-16)22-28(26,27)14-5-3-4-13(18)12-14/h3-7,12H,2,8-11H2,1H3,(H,19,25)(H,20,22). The highest BCUT2D eigenvalue weighted by atomic mass is 35.5. The third kappa shape index (κ3) is 4.63. The Labute approximate surface area is 168 Å². The van der Waals surface area contributed by atoms with Crippen molar-refractivity contribution in [2.24, 2.45) is 0 Å². The van der Waals surface area contributed by atoms with Crippen LogP contribution in [0.2, 0.25) is 5.02 Å². The molecular weight excluding hydrogens is 404 g/mol. The first kappa shape index (κ1) is 20.2. The first-order valence-corrected chi connectivity index (χ1v) is 10.6. The Hall–Kier alpha value is -2.59. The highest BCUT2D eigenvalue weighted by molar-refractivity contribution is 7.92. The van der Waals surface area contributed by atoms with Gasteiger partial charge in [-0.05, 0) is 25.1 Å². The zero-order chi connectivity index (χ0) is 20.1. The minimum atomic E-state index is -3.87. The lowest BCUT2D eigenvalue weighted by molar-refractivity contribution is 0.195. The van der Waals surface area contributed by atoms with Crippen molar-refractivity contribution >= 4 is 39.3 Å². The molecule has 9 nitrogen and oxygen atoms in total. The maximum absolute atomic E-state index is 12.7. The Kier molecular flexibility index (Phi) is 6.20. The number of anilines is 2. The summed E-state index contributed by atoms with van der Waals surface area (Å²) >= 11 is 5.90. The highest BCUT2D eigenvalue weighted by Crippen LogP contribution is 2.25. The number of carbonyl (C=O) groups excluding carboxylic acids is 1. The second-order valence-electron chi connectivity index (χ2n) is 6.10. The molecule has 3 rings (SSSR count). The summed E-state index contributed by atoms with van der Waals surface area (Å²) in [6.07, 6.45) is 2.92. The molecule has 0 radical (unpaired) electrons. The van der Waals surface area contributed by atoms with E-state index in [1.54, 1.807) is 17.0 Å². The minimum Gasteiger partial charge on any atom is -0.350 e. The van der Waals surface area contributed by atoms with Crippen molar-refractivity contribution in [2.75, 3.05) is 42.3 Å². The van der Waals surface area contributed by atoms with Gasteiger partial charge in [0.2, 0.25) is 0 Å². The number of carbonyl (C=O) groups is 1. The van der Waals surface area contributed by atoms with Crippen LogP contribution in [0.4, 0.5) is 16.4 Å². The van der Waals surface area contributed by atoms with E-state index < -0.39 is 10.0 Å². The lowest BCUT2D eigenvalue weighted by atomic mass is 10.3. The van der Waals surface area contributed by atoms with Gasteiger partial charge in [-0.2, -0.15) is 0 Å². The fraction of sp³-hybridized carbons (Fsp3) is 0.353. The van der Waals surface area contributed by atoms with Crippen LogP contribution in [0.1, 0.15) is 6.92 Å². The third-order valence-corrected chi connectivity index (χ3v) is 5.78. The zero-order valence-electron chi connectivity index (χ0n) is 15.3. The average Bonchev–Trinajstić information content (AvgIpc) is 2.68. The first-order valence-electron chi connectivity index (χ1n) is 8.78. The maximum Gasteiger partial charge on any atom is 0.317 e.